The van der Waals surface area contributed by atoms with Gasteiger partial charge in [-0.15, -0.1) is 0 Å². The topological polar surface area (TPSA) is 12.9 Å². The van der Waals surface area contributed by atoms with Crippen LogP contribution in [0.15, 0.2) is 103 Å². The molecule has 0 bridgehead atoms. The lowest BCUT2D eigenvalue weighted by Gasteiger charge is -2.35. The second kappa shape index (κ2) is 7.34. The van der Waals surface area contributed by atoms with E-state index in [0.717, 1.165) is 5.69 Å². The average molecular weight is 366 g/mol. The fourth-order valence-electron chi connectivity index (χ4n) is 4.06. The number of aryl methyl sites for hydroxylation is 2. The largest absolute Gasteiger partial charge is 0.261 e. The zero-order chi connectivity index (χ0) is 18.7. The van der Waals surface area contributed by atoms with E-state index in [4.69, 9.17) is 0 Å². The Labute approximate surface area is 162 Å². The third-order valence-electron chi connectivity index (χ3n) is 5.26. The van der Waals surface area contributed by atoms with E-state index < -0.39 is 8.07 Å². The number of pyridine rings is 1. The number of nitrogens with zero attached hydrogens (tertiary/aromatic N) is 1. The van der Waals surface area contributed by atoms with Crippen LogP contribution in [0, 0.1) is 13.8 Å². The molecule has 0 spiro atoms. The molecule has 2 heteroatoms. The lowest BCUT2D eigenvalue weighted by atomic mass is 10.3. The van der Waals surface area contributed by atoms with Crippen molar-refractivity contribution in [3.05, 3.63) is 115 Å². The van der Waals surface area contributed by atoms with Crippen LogP contribution in [-0.2, 0) is 0 Å². The summed E-state index contributed by atoms with van der Waals surface area (Å²) >= 11 is 0. The van der Waals surface area contributed by atoms with Crippen LogP contribution < -0.4 is 20.7 Å². The summed E-state index contributed by atoms with van der Waals surface area (Å²) in [6, 6.07) is 35.3. The molecule has 0 saturated carbocycles. The molecule has 3 aromatic carbocycles. The summed E-state index contributed by atoms with van der Waals surface area (Å²) in [4.78, 5) is 4.56. The van der Waals surface area contributed by atoms with Crippen LogP contribution in [0.5, 0.6) is 0 Å². The highest BCUT2D eigenvalue weighted by Crippen LogP contribution is 2.12. The minimum atomic E-state index is -2.42. The van der Waals surface area contributed by atoms with Gasteiger partial charge < -0.3 is 0 Å². The summed E-state index contributed by atoms with van der Waals surface area (Å²) in [6.45, 7) is 4.28. The maximum atomic E-state index is 4.56. The second-order valence-corrected chi connectivity index (χ2v) is 10.8. The molecule has 27 heavy (non-hydrogen) atoms. The van der Waals surface area contributed by atoms with E-state index in [2.05, 4.69) is 116 Å². The molecular weight excluding hydrogens is 342 g/mol. The molecule has 0 atom stereocenters. The molecule has 0 amide bonds. The minimum absolute atomic E-state index is 1.07. The smallest absolute Gasteiger partial charge is 0.180 e. The van der Waals surface area contributed by atoms with Crippen LogP contribution in [0.1, 0.15) is 11.3 Å². The quantitative estimate of drug-likeness (QED) is 0.400. The van der Waals surface area contributed by atoms with E-state index >= 15 is 0 Å². The first-order valence-corrected chi connectivity index (χ1v) is 11.3. The highest BCUT2D eigenvalue weighted by molar-refractivity contribution is 7.20. The van der Waals surface area contributed by atoms with Crippen LogP contribution in [0.3, 0.4) is 0 Å². The second-order valence-electron chi connectivity index (χ2n) is 6.99. The number of rotatable bonds is 4. The molecule has 0 fully saturated rings. The molecule has 4 rings (SSSR count). The molecule has 0 aliphatic rings. The Balaban J connectivity index is 2.18. The third kappa shape index (κ3) is 3.02. The number of hydrogen-bond acceptors (Lipinski definition) is 1. The minimum Gasteiger partial charge on any atom is -0.261 e. The molecule has 0 aliphatic carbocycles. The Hall–Kier alpha value is -2.97. The van der Waals surface area contributed by atoms with Crippen molar-refractivity contribution in [2.75, 3.05) is 0 Å². The zero-order valence-electron chi connectivity index (χ0n) is 15.8. The SMILES string of the molecule is Cc1cc([Si](c2ccccc2)(c2ccccc2)c2ccccc2)c(C)cn1. The van der Waals surface area contributed by atoms with Gasteiger partial charge in [-0.2, -0.15) is 0 Å². The van der Waals surface area contributed by atoms with Crippen molar-refractivity contribution in [1.29, 1.82) is 0 Å². The van der Waals surface area contributed by atoms with E-state index in [1.165, 1.54) is 26.3 Å². The molecule has 1 heterocycles. The normalized spacial score (nSPS) is 11.3. The van der Waals surface area contributed by atoms with Gasteiger partial charge in [0.15, 0.2) is 8.07 Å². The van der Waals surface area contributed by atoms with E-state index in [1.54, 1.807) is 0 Å². The van der Waals surface area contributed by atoms with Crippen LogP contribution in [0.2, 0.25) is 0 Å². The summed E-state index contributed by atoms with van der Waals surface area (Å²) in [7, 11) is -2.42. The fraction of sp³-hybridized carbons (Fsp3) is 0.0800. The van der Waals surface area contributed by atoms with Gasteiger partial charge in [0, 0.05) is 11.9 Å². The first-order valence-electron chi connectivity index (χ1n) is 9.33. The Morgan fingerprint density at radius 2 is 1.00 bits per heavy atom. The van der Waals surface area contributed by atoms with E-state index in [0.29, 0.717) is 0 Å². The van der Waals surface area contributed by atoms with Gasteiger partial charge in [-0.3, -0.25) is 4.98 Å². The van der Waals surface area contributed by atoms with Gasteiger partial charge in [0.1, 0.15) is 0 Å². The van der Waals surface area contributed by atoms with Gasteiger partial charge in [-0.25, -0.2) is 0 Å². The number of aromatic nitrogens is 1. The van der Waals surface area contributed by atoms with Crippen molar-refractivity contribution in [1.82, 2.24) is 4.98 Å². The molecule has 0 saturated heterocycles. The lowest BCUT2D eigenvalue weighted by molar-refractivity contribution is 1.18. The monoisotopic (exact) mass is 365 g/mol. The predicted molar refractivity (Wildman–Crippen MR) is 117 cm³/mol. The standard InChI is InChI=1S/C25H23NSi/c1-20-19-26-21(2)18-25(20)27(22-12-6-3-7-13-22,23-14-8-4-9-15-23)24-16-10-5-11-17-24/h3-19H,1-2H3. The van der Waals surface area contributed by atoms with Crippen LogP contribution in [0.4, 0.5) is 0 Å². The first-order chi connectivity index (χ1) is 13.2. The van der Waals surface area contributed by atoms with E-state index in [9.17, 15) is 0 Å². The summed E-state index contributed by atoms with van der Waals surface area (Å²) in [5.74, 6) is 0. The third-order valence-corrected chi connectivity index (χ3v) is 10.2. The molecule has 1 nitrogen and oxygen atoms in total. The molecule has 0 radical (unpaired) electrons. The lowest BCUT2D eigenvalue weighted by Crippen LogP contribution is -2.75. The van der Waals surface area contributed by atoms with Gasteiger partial charge >= 0.3 is 0 Å². The van der Waals surface area contributed by atoms with Crippen molar-refractivity contribution in [2.45, 2.75) is 13.8 Å². The van der Waals surface area contributed by atoms with Gasteiger partial charge in [-0.1, -0.05) is 91.0 Å². The van der Waals surface area contributed by atoms with Gasteiger partial charge in [0.05, 0.1) is 0 Å². The number of benzene rings is 3. The molecule has 0 aliphatic heterocycles. The summed E-state index contributed by atoms with van der Waals surface area (Å²) < 4.78 is 0. The average Bonchev–Trinajstić information content (AvgIpc) is 2.73. The van der Waals surface area contributed by atoms with Crippen LogP contribution in [-0.4, -0.2) is 13.1 Å². The maximum Gasteiger partial charge on any atom is 0.180 e. The molecule has 132 valence electrons. The summed E-state index contributed by atoms with van der Waals surface area (Å²) in [5, 5.41) is 5.61. The van der Waals surface area contributed by atoms with Crippen molar-refractivity contribution in [2.24, 2.45) is 0 Å². The van der Waals surface area contributed by atoms with Crippen LogP contribution in [0.25, 0.3) is 0 Å². The van der Waals surface area contributed by atoms with Gasteiger partial charge in [-0.05, 0) is 46.2 Å². The molecular formula is C25H23NSi. The zero-order valence-corrected chi connectivity index (χ0v) is 16.8. The van der Waals surface area contributed by atoms with Gasteiger partial charge in [0.2, 0.25) is 0 Å². The van der Waals surface area contributed by atoms with E-state index in [-0.39, 0.29) is 0 Å². The van der Waals surface area contributed by atoms with Crippen molar-refractivity contribution in [3.63, 3.8) is 0 Å². The van der Waals surface area contributed by atoms with Crippen molar-refractivity contribution >= 4 is 28.8 Å². The maximum absolute atomic E-state index is 4.56. The predicted octanol–water partition coefficient (Wildman–Crippen LogP) is 3.08. The van der Waals surface area contributed by atoms with Crippen molar-refractivity contribution in [3.8, 4) is 0 Å². The Bertz CT molecular complexity index is 931. The molecule has 1 aromatic heterocycles. The Morgan fingerprint density at radius 3 is 1.41 bits per heavy atom. The first kappa shape index (κ1) is 17.4. The van der Waals surface area contributed by atoms with E-state index in [1.807, 2.05) is 6.20 Å². The Morgan fingerprint density at radius 1 is 0.593 bits per heavy atom. The molecule has 0 N–H and O–H groups in total. The van der Waals surface area contributed by atoms with Crippen LogP contribution >= 0.6 is 0 Å². The number of hydrogen-bond donors (Lipinski definition) is 0. The fourth-order valence-corrected chi connectivity index (χ4v) is 9.15. The highest BCUT2D eigenvalue weighted by Gasteiger charge is 2.42. The van der Waals surface area contributed by atoms with Crippen molar-refractivity contribution < 1.29 is 0 Å². The summed E-state index contributed by atoms with van der Waals surface area (Å²) in [5.41, 5.74) is 2.32. The Kier molecular flexibility index (Phi) is 4.74. The molecule has 0 unspecified atom stereocenters. The summed E-state index contributed by atoms with van der Waals surface area (Å²) in [6.07, 6.45) is 2.03. The van der Waals surface area contributed by atoms with Gasteiger partial charge in [0.25, 0.3) is 0 Å². The highest BCUT2D eigenvalue weighted by atomic mass is 28.3. The molecule has 4 aromatic rings.